The molecule has 2 heterocycles. The van der Waals surface area contributed by atoms with Crippen molar-refractivity contribution in [3.05, 3.63) is 46.0 Å². The van der Waals surface area contributed by atoms with E-state index < -0.39 is 17.6 Å². The summed E-state index contributed by atoms with van der Waals surface area (Å²) in [5.41, 5.74) is 1.10. The Labute approximate surface area is 134 Å². The van der Waals surface area contributed by atoms with E-state index in [4.69, 9.17) is 0 Å². The lowest BCUT2D eigenvalue weighted by Gasteiger charge is -2.17. The molecule has 1 fully saturated rings. The molecule has 2 aromatic heterocycles. The van der Waals surface area contributed by atoms with Gasteiger partial charge >= 0.3 is 0 Å². The fourth-order valence-electron chi connectivity index (χ4n) is 3.13. The summed E-state index contributed by atoms with van der Waals surface area (Å²) >= 11 is 0. The Kier molecular flexibility index (Phi) is 4.43. The van der Waals surface area contributed by atoms with Crippen molar-refractivity contribution in [2.45, 2.75) is 38.7 Å². The number of nitrogens with zero attached hydrogens (tertiary/aromatic N) is 2. The van der Waals surface area contributed by atoms with E-state index in [2.05, 4.69) is 10.3 Å². The summed E-state index contributed by atoms with van der Waals surface area (Å²) in [6, 6.07) is 3.58. The van der Waals surface area contributed by atoms with E-state index >= 15 is 0 Å². The number of aliphatic hydroxyl groups is 1. The molecule has 0 aromatic carbocycles. The third kappa shape index (κ3) is 3.27. The Bertz CT molecular complexity index is 778. The molecule has 1 atom stereocenters. The molecule has 2 N–H and O–H groups in total. The van der Waals surface area contributed by atoms with Crippen LogP contribution in [0, 0.1) is 12.8 Å². The van der Waals surface area contributed by atoms with Gasteiger partial charge in [-0.05, 0) is 43.4 Å². The molecule has 6 nitrogen and oxygen atoms in total. The number of pyridine rings is 1. The largest absolute Gasteiger partial charge is 0.391 e. The molecule has 2 aromatic rings. The lowest BCUT2D eigenvalue weighted by atomic mass is 10.0. The van der Waals surface area contributed by atoms with Crippen LogP contribution in [0.25, 0.3) is 5.65 Å². The first-order chi connectivity index (χ1) is 11.1. The lowest BCUT2D eigenvalue weighted by Crippen LogP contribution is -2.38. The van der Waals surface area contributed by atoms with Crippen LogP contribution >= 0.6 is 0 Å². The number of aliphatic hydroxyl groups excluding tert-OH is 1. The first-order valence-electron chi connectivity index (χ1n) is 8.00. The quantitative estimate of drug-likeness (QED) is 0.890. The highest BCUT2D eigenvalue weighted by atomic mass is 16.3. The maximum absolute atomic E-state index is 12.4. The molecule has 3 rings (SSSR count). The van der Waals surface area contributed by atoms with Gasteiger partial charge in [0, 0.05) is 18.9 Å². The molecule has 23 heavy (non-hydrogen) atoms. The SMILES string of the molecule is Cc1ccn2c(=O)c(C(=O)NCC(O)C3CCCC3)cnc2c1. The molecule has 1 saturated carbocycles. The second-order valence-electron chi connectivity index (χ2n) is 6.23. The maximum Gasteiger partial charge on any atom is 0.270 e. The minimum absolute atomic E-state index is 0.00928. The number of carbonyl (C=O) groups excluding carboxylic acids is 1. The Morgan fingerprint density at radius 1 is 1.48 bits per heavy atom. The highest BCUT2D eigenvalue weighted by Gasteiger charge is 2.24. The van der Waals surface area contributed by atoms with Gasteiger partial charge in [0.05, 0.1) is 6.10 Å². The summed E-state index contributed by atoms with van der Waals surface area (Å²) < 4.78 is 1.36. The summed E-state index contributed by atoms with van der Waals surface area (Å²) in [5, 5.41) is 12.8. The third-order valence-corrected chi connectivity index (χ3v) is 4.53. The highest BCUT2D eigenvalue weighted by molar-refractivity contribution is 5.93. The van der Waals surface area contributed by atoms with Gasteiger partial charge in [0.1, 0.15) is 11.2 Å². The van der Waals surface area contributed by atoms with Crippen LogP contribution in [0.2, 0.25) is 0 Å². The van der Waals surface area contributed by atoms with E-state index in [0.717, 1.165) is 31.2 Å². The average Bonchev–Trinajstić information content (AvgIpc) is 3.07. The van der Waals surface area contributed by atoms with Crippen LogP contribution in [-0.4, -0.2) is 33.0 Å². The van der Waals surface area contributed by atoms with Crippen molar-refractivity contribution in [2.24, 2.45) is 5.92 Å². The number of rotatable bonds is 4. The van der Waals surface area contributed by atoms with E-state index in [0.29, 0.717) is 5.65 Å². The number of hydrogen-bond acceptors (Lipinski definition) is 4. The summed E-state index contributed by atoms with van der Waals surface area (Å²) in [6.07, 6.45) is 6.61. The molecule has 122 valence electrons. The molecule has 1 unspecified atom stereocenters. The van der Waals surface area contributed by atoms with Crippen molar-refractivity contribution >= 4 is 11.6 Å². The second-order valence-corrected chi connectivity index (χ2v) is 6.23. The number of carbonyl (C=O) groups is 1. The van der Waals surface area contributed by atoms with E-state index in [9.17, 15) is 14.7 Å². The maximum atomic E-state index is 12.4. The zero-order valence-electron chi connectivity index (χ0n) is 13.2. The summed E-state index contributed by atoms with van der Waals surface area (Å²) in [4.78, 5) is 28.8. The molecular formula is C17H21N3O3. The van der Waals surface area contributed by atoms with E-state index in [-0.39, 0.29) is 18.0 Å². The predicted molar refractivity (Wildman–Crippen MR) is 86.5 cm³/mol. The van der Waals surface area contributed by atoms with Gasteiger partial charge in [-0.25, -0.2) is 4.98 Å². The highest BCUT2D eigenvalue weighted by Crippen LogP contribution is 2.27. The van der Waals surface area contributed by atoms with Crippen molar-refractivity contribution in [3.8, 4) is 0 Å². The summed E-state index contributed by atoms with van der Waals surface area (Å²) in [7, 11) is 0. The van der Waals surface area contributed by atoms with Gasteiger partial charge < -0.3 is 10.4 Å². The van der Waals surface area contributed by atoms with Crippen molar-refractivity contribution in [1.29, 1.82) is 0 Å². The summed E-state index contributed by atoms with van der Waals surface area (Å²) in [5.74, 6) is -0.247. The van der Waals surface area contributed by atoms with Crippen molar-refractivity contribution in [3.63, 3.8) is 0 Å². The number of fused-ring (bicyclic) bond motifs is 1. The normalized spacial score (nSPS) is 16.6. The predicted octanol–water partition coefficient (Wildman–Crippen LogP) is 1.28. The molecule has 0 bridgehead atoms. The average molecular weight is 315 g/mol. The van der Waals surface area contributed by atoms with E-state index in [1.807, 2.05) is 6.92 Å². The molecule has 0 spiro atoms. The lowest BCUT2D eigenvalue weighted by molar-refractivity contribution is 0.0839. The fourth-order valence-corrected chi connectivity index (χ4v) is 3.13. The molecule has 1 aliphatic rings. The number of nitrogens with one attached hydrogen (secondary N) is 1. The van der Waals surface area contributed by atoms with Crippen molar-refractivity contribution in [2.75, 3.05) is 6.54 Å². The molecule has 6 heteroatoms. The van der Waals surface area contributed by atoms with Gasteiger partial charge in [0.15, 0.2) is 0 Å². The topological polar surface area (TPSA) is 83.7 Å². The van der Waals surface area contributed by atoms with Gasteiger partial charge in [-0.2, -0.15) is 0 Å². The van der Waals surface area contributed by atoms with E-state index in [1.165, 1.54) is 10.6 Å². The van der Waals surface area contributed by atoms with E-state index in [1.54, 1.807) is 18.3 Å². The van der Waals surface area contributed by atoms with Crippen LogP contribution in [0.15, 0.2) is 29.3 Å². The van der Waals surface area contributed by atoms with Crippen LogP contribution in [0.5, 0.6) is 0 Å². The second kappa shape index (κ2) is 6.50. The number of amides is 1. The van der Waals surface area contributed by atoms with Crippen LogP contribution in [-0.2, 0) is 0 Å². The van der Waals surface area contributed by atoms with Crippen LogP contribution in [0.3, 0.4) is 0 Å². The van der Waals surface area contributed by atoms with Gasteiger partial charge in [-0.15, -0.1) is 0 Å². The molecule has 0 aliphatic heterocycles. The van der Waals surface area contributed by atoms with Gasteiger partial charge in [-0.3, -0.25) is 14.0 Å². The number of aryl methyl sites for hydroxylation is 1. The van der Waals surface area contributed by atoms with Gasteiger partial charge in [-0.1, -0.05) is 12.8 Å². The Hall–Kier alpha value is -2.21. The zero-order chi connectivity index (χ0) is 16.4. The Morgan fingerprint density at radius 3 is 2.96 bits per heavy atom. The number of aromatic nitrogens is 2. The van der Waals surface area contributed by atoms with Crippen LogP contribution in [0.1, 0.15) is 41.6 Å². The molecule has 1 amide bonds. The number of hydrogen-bond donors (Lipinski definition) is 2. The van der Waals surface area contributed by atoms with Gasteiger partial charge in [0.25, 0.3) is 11.5 Å². The Morgan fingerprint density at radius 2 is 2.22 bits per heavy atom. The molecule has 0 saturated heterocycles. The fraction of sp³-hybridized carbons (Fsp3) is 0.471. The molecular weight excluding hydrogens is 294 g/mol. The smallest absolute Gasteiger partial charge is 0.270 e. The molecule has 1 aliphatic carbocycles. The van der Waals surface area contributed by atoms with Crippen molar-refractivity contribution < 1.29 is 9.90 Å². The first kappa shape index (κ1) is 15.7. The van der Waals surface area contributed by atoms with Gasteiger partial charge in [0.2, 0.25) is 0 Å². The Balaban J connectivity index is 1.74. The summed E-state index contributed by atoms with van der Waals surface area (Å²) in [6.45, 7) is 2.08. The van der Waals surface area contributed by atoms with Crippen LogP contribution < -0.4 is 10.9 Å². The standard InChI is InChI=1S/C17H21N3O3/c1-11-6-7-20-15(8-11)18-9-13(17(20)23)16(22)19-10-14(21)12-4-2-3-5-12/h6-9,12,14,21H,2-5,10H2,1H3,(H,19,22). The zero-order valence-corrected chi connectivity index (χ0v) is 13.2. The monoisotopic (exact) mass is 315 g/mol. The third-order valence-electron chi connectivity index (χ3n) is 4.53. The molecule has 0 radical (unpaired) electrons. The minimum Gasteiger partial charge on any atom is -0.391 e. The van der Waals surface area contributed by atoms with Crippen LogP contribution in [0.4, 0.5) is 0 Å². The first-order valence-corrected chi connectivity index (χ1v) is 8.00. The van der Waals surface area contributed by atoms with Crippen molar-refractivity contribution in [1.82, 2.24) is 14.7 Å². The minimum atomic E-state index is -0.555.